The molecule has 0 aliphatic carbocycles. The van der Waals surface area contributed by atoms with E-state index in [-0.39, 0.29) is 5.75 Å². The fourth-order valence-electron chi connectivity index (χ4n) is 1.04. The maximum absolute atomic E-state index is 12.0. The van der Waals surface area contributed by atoms with Crippen LogP contribution in [-0.4, -0.2) is 22.1 Å². The summed E-state index contributed by atoms with van der Waals surface area (Å²) in [5.74, 6) is -0.361. The second-order valence-corrected chi connectivity index (χ2v) is 4.27. The molecule has 1 rings (SSSR count). The Balaban J connectivity index is 3.27. The normalized spacial score (nSPS) is 11.6. The van der Waals surface area contributed by atoms with Crippen LogP contribution in [0.5, 0.6) is 11.5 Å². The van der Waals surface area contributed by atoms with Crippen LogP contribution in [0.2, 0.25) is 0 Å². The van der Waals surface area contributed by atoms with Crippen molar-refractivity contribution in [2.24, 2.45) is 5.14 Å². The number of sulfonamides is 1. The van der Waals surface area contributed by atoms with Crippen LogP contribution in [0.4, 0.5) is 8.78 Å². The van der Waals surface area contributed by atoms with Crippen molar-refractivity contribution in [2.75, 3.05) is 7.11 Å². The number of rotatable bonds is 4. The van der Waals surface area contributed by atoms with Crippen molar-refractivity contribution in [3.63, 3.8) is 0 Å². The van der Waals surface area contributed by atoms with E-state index in [1.807, 2.05) is 0 Å². The first-order valence-corrected chi connectivity index (χ1v) is 5.55. The quantitative estimate of drug-likeness (QED) is 0.866. The van der Waals surface area contributed by atoms with E-state index in [0.717, 1.165) is 12.1 Å². The second-order valence-electron chi connectivity index (χ2n) is 2.74. The number of nitrogens with two attached hydrogens (primary N) is 1. The maximum atomic E-state index is 12.0. The van der Waals surface area contributed by atoms with Gasteiger partial charge >= 0.3 is 6.61 Å². The van der Waals surface area contributed by atoms with E-state index in [1.54, 1.807) is 0 Å². The van der Waals surface area contributed by atoms with Gasteiger partial charge in [-0.1, -0.05) is 0 Å². The average Bonchev–Trinajstić information content (AvgIpc) is 2.14. The Morgan fingerprint density at radius 1 is 1.38 bits per heavy atom. The molecule has 0 fully saturated rings. The molecule has 0 aliphatic heterocycles. The molecular weight excluding hydrogens is 244 g/mol. The van der Waals surface area contributed by atoms with E-state index in [0.29, 0.717) is 0 Å². The van der Waals surface area contributed by atoms with Gasteiger partial charge in [0.2, 0.25) is 10.0 Å². The number of alkyl halides is 2. The van der Waals surface area contributed by atoms with Gasteiger partial charge in [0.1, 0.15) is 16.4 Å². The summed E-state index contributed by atoms with van der Waals surface area (Å²) in [6.07, 6.45) is 0. The monoisotopic (exact) mass is 253 g/mol. The molecule has 0 bridgehead atoms. The molecular formula is C8H9F2NO4S. The van der Waals surface area contributed by atoms with Crippen LogP contribution >= 0.6 is 0 Å². The summed E-state index contributed by atoms with van der Waals surface area (Å²) in [4.78, 5) is -0.520. The van der Waals surface area contributed by atoms with Crippen LogP contribution in [0, 0.1) is 0 Å². The van der Waals surface area contributed by atoms with Gasteiger partial charge in [-0.25, -0.2) is 13.6 Å². The van der Waals surface area contributed by atoms with Crippen LogP contribution in [0.25, 0.3) is 0 Å². The van der Waals surface area contributed by atoms with Gasteiger partial charge in [0, 0.05) is 6.07 Å². The summed E-state index contributed by atoms with van der Waals surface area (Å²) in [5.41, 5.74) is 0. The van der Waals surface area contributed by atoms with Crippen molar-refractivity contribution in [1.29, 1.82) is 0 Å². The van der Waals surface area contributed by atoms with Crippen molar-refractivity contribution in [2.45, 2.75) is 11.5 Å². The molecule has 16 heavy (non-hydrogen) atoms. The lowest BCUT2D eigenvalue weighted by molar-refractivity contribution is -0.0518. The summed E-state index contributed by atoms with van der Waals surface area (Å²) in [5, 5.41) is 4.83. The second kappa shape index (κ2) is 4.62. The Bertz CT molecular complexity index is 475. The fourth-order valence-corrected chi connectivity index (χ4v) is 1.68. The Hall–Kier alpha value is -1.41. The fraction of sp³-hybridized carbons (Fsp3) is 0.250. The van der Waals surface area contributed by atoms with Crippen molar-refractivity contribution < 1.29 is 26.7 Å². The summed E-state index contributed by atoms with van der Waals surface area (Å²) in [7, 11) is -2.81. The molecule has 0 spiro atoms. The lowest BCUT2D eigenvalue weighted by atomic mass is 10.3. The van der Waals surface area contributed by atoms with Gasteiger partial charge in [-0.3, -0.25) is 0 Å². The lowest BCUT2D eigenvalue weighted by Crippen LogP contribution is -2.15. The summed E-state index contributed by atoms with van der Waals surface area (Å²) in [6, 6.07) is 3.33. The van der Waals surface area contributed by atoms with E-state index in [4.69, 9.17) is 9.88 Å². The van der Waals surface area contributed by atoms with Gasteiger partial charge in [-0.15, -0.1) is 0 Å². The van der Waals surface area contributed by atoms with Crippen molar-refractivity contribution in [3.8, 4) is 11.5 Å². The van der Waals surface area contributed by atoms with Gasteiger partial charge < -0.3 is 9.47 Å². The third-order valence-corrected chi connectivity index (χ3v) is 2.62. The van der Waals surface area contributed by atoms with Gasteiger partial charge in [0.25, 0.3) is 0 Å². The lowest BCUT2D eigenvalue weighted by Gasteiger charge is -2.10. The predicted molar refractivity (Wildman–Crippen MR) is 51.0 cm³/mol. The first-order chi connectivity index (χ1) is 7.34. The SMILES string of the molecule is COc1ccc(S(N)(=O)=O)c(OC(F)F)c1. The minimum atomic E-state index is -4.12. The standard InChI is InChI=1S/C8H9F2NO4S/c1-14-5-2-3-7(16(11,12)13)6(4-5)15-8(9)10/h2-4,8H,1H3,(H2,11,12,13). The minimum absolute atomic E-state index is 0.183. The van der Waals surface area contributed by atoms with E-state index in [1.165, 1.54) is 13.2 Å². The third-order valence-electron chi connectivity index (χ3n) is 1.67. The zero-order chi connectivity index (χ0) is 12.3. The molecule has 5 nitrogen and oxygen atoms in total. The number of benzene rings is 1. The molecule has 90 valence electrons. The molecule has 1 aromatic rings. The molecule has 0 unspecified atom stereocenters. The van der Waals surface area contributed by atoms with Crippen molar-refractivity contribution >= 4 is 10.0 Å². The highest BCUT2D eigenvalue weighted by Gasteiger charge is 2.18. The number of halogens is 2. The first kappa shape index (κ1) is 12.7. The predicted octanol–water partition coefficient (Wildman–Crippen LogP) is 0.944. The molecule has 0 aromatic heterocycles. The Morgan fingerprint density at radius 3 is 2.44 bits per heavy atom. The Kier molecular flexibility index (Phi) is 3.66. The summed E-state index contributed by atoms with van der Waals surface area (Å²) < 4.78 is 54.9. The number of methoxy groups -OCH3 is 1. The first-order valence-electron chi connectivity index (χ1n) is 4.00. The number of hydrogen-bond acceptors (Lipinski definition) is 4. The van der Waals surface area contributed by atoms with Gasteiger partial charge in [0.05, 0.1) is 7.11 Å². The molecule has 8 heteroatoms. The van der Waals surface area contributed by atoms with E-state index in [2.05, 4.69) is 4.74 Å². The third kappa shape index (κ3) is 3.04. The van der Waals surface area contributed by atoms with Crippen molar-refractivity contribution in [3.05, 3.63) is 18.2 Å². The van der Waals surface area contributed by atoms with Crippen LogP contribution in [0.3, 0.4) is 0 Å². The Labute approximate surface area is 90.8 Å². The molecule has 2 N–H and O–H groups in total. The average molecular weight is 253 g/mol. The highest BCUT2D eigenvalue weighted by atomic mass is 32.2. The molecule has 0 saturated carbocycles. The van der Waals surface area contributed by atoms with Crippen LogP contribution in [0.1, 0.15) is 0 Å². The van der Waals surface area contributed by atoms with Gasteiger partial charge in [-0.2, -0.15) is 8.78 Å². The van der Waals surface area contributed by atoms with Gasteiger partial charge in [-0.05, 0) is 12.1 Å². The largest absolute Gasteiger partial charge is 0.497 e. The molecule has 0 heterocycles. The van der Waals surface area contributed by atoms with Crippen LogP contribution in [0.15, 0.2) is 23.1 Å². The van der Waals surface area contributed by atoms with E-state index < -0.39 is 27.3 Å². The Morgan fingerprint density at radius 2 is 2.00 bits per heavy atom. The summed E-state index contributed by atoms with van der Waals surface area (Å²) in [6.45, 7) is -3.15. The minimum Gasteiger partial charge on any atom is -0.497 e. The molecule has 1 aromatic carbocycles. The zero-order valence-corrected chi connectivity index (χ0v) is 9.00. The highest BCUT2D eigenvalue weighted by Crippen LogP contribution is 2.28. The molecule has 0 atom stereocenters. The highest BCUT2D eigenvalue weighted by molar-refractivity contribution is 7.89. The van der Waals surface area contributed by atoms with Crippen molar-refractivity contribution in [1.82, 2.24) is 0 Å². The van der Waals surface area contributed by atoms with Gasteiger partial charge in [0.15, 0.2) is 0 Å². The number of primary sulfonamides is 1. The summed E-state index contributed by atoms with van der Waals surface area (Å²) >= 11 is 0. The number of hydrogen-bond donors (Lipinski definition) is 1. The molecule has 0 radical (unpaired) electrons. The zero-order valence-electron chi connectivity index (χ0n) is 8.18. The molecule has 0 saturated heterocycles. The maximum Gasteiger partial charge on any atom is 0.387 e. The van der Waals surface area contributed by atoms with E-state index >= 15 is 0 Å². The molecule has 0 amide bonds. The van der Waals surface area contributed by atoms with Crippen LogP contribution < -0.4 is 14.6 Å². The number of ether oxygens (including phenoxy) is 2. The topological polar surface area (TPSA) is 78.6 Å². The smallest absolute Gasteiger partial charge is 0.387 e. The van der Waals surface area contributed by atoms with E-state index in [9.17, 15) is 17.2 Å². The molecule has 0 aliphatic rings. The van der Waals surface area contributed by atoms with Crippen LogP contribution in [-0.2, 0) is 10.0 Å².